The molecule has 0 spiro atoms. The minimum absolute atomic E-state index is 0. The number of rotatable bonds is 4. The van der Waals surface area contributed by atoms with Gasteiger partial charge in [-0.05, 0) is 53.2 Å². The molecule has 0 bridgehead atoms. The highest BCUT2D eigenvalue weighted by Crippen LogP contribution is 2.29. The number of benzene rings is 1. The fourth-order valence-electron chi connectivity index (χ4n) is 2.76. The monoisotopic (exact) mass is 478 g/mol. The largest absolute Gasteiger partial charge is 0.368 e. The van der Waals surface area contributed by atoms with Gasteiger partial charge >= 0.3 is 0 Å². The Morgan fingerprint density at radius 1 is 1.32 bits per heavy atom. The molecule has 2 aliphatic rings. The standard InChI is InChI=1S/C16H23BrN4.HI/c1-18-16(19-10-12-6-7-12)20-13-8-9-21(11-13)15-5-3-2-4-14(15)17;/h2-5,12-13H,6-11H2,1H3,(H2,18,19,20);1H. The number of anilines is 1. The van der Waals surface area contributed by atoms with Gasteiger partial charge in [0.05, 0.1) is 5.69 Å². The van der Waals surface area contributed by atoms with Gasteiger partial charge in [0.15, 0.2) is 5.96 Å². The number of para-hydroxylation sites is 1. The van der Waals surface area contributed by atoms with Crippen LogP contribution in [0.3, 0.4) is 0 Å². The summed E-state index contributed by atoms with van der Waals surface area (Å²) in [6, 6.07) is 8.89. The van der Waals surface area contributed by atoms with Gasteiger partial charge in [-0.25, -0.2) is 0 Å². The van der Waals surface area contributed by atoms with E-state index in [0.29, 0.717) is 6.04 Å². The van der Waals surface area contributed by atoms with Crippen LogP contribution in [0.25, 0.3) is 0 Å². The topological polar surface area (TPSA) is 39.7 Å². The molecule has 2 fully saturated rings. The first-order chi connectivity index (χ1) is 10.3. The van der Waals surface area contributed by atoms with Crippen molar-refractivity contribution in [1.82, 2.24) is 10.6 Å². The number of halogens is 2. The smallest absolute Gasteiger partial charge is 0.191 e. The van der Waals surface area contributed by atoms with E-state index < -0.39 is 0 Å². The maximum atomic E-state index is 4.33. The molecule has 0 amide bonds. The third kappa shape index (κ3) is 4.75. The minimum Gasteiger partial charge on any atom is -0.368 e. The second-order valence-electron chi connectivity index (χ2n) is 5.92. The predicted octanol–water partition coefficient (Wildman–Crippen LogP) is 3.22. The van der Waals surface area contributed by atoms with Crippen molar-refractivity contribution in [3.63, 3.8) is 0 Å². The Labute approximate surface area is 158 Å². The fraction of sp³-hybridized carbons (Fsp3) is 0.562. The summed E-state index contributed by atoms with van der Waals surface area (Å²) in [6.07, 6.45) is 3.87. The first-order valence-corrected chi connectivity index (χ1v) is 8.52. The van der Waals surface area contributed by atoms with E-state index in [1.807, 2.05) is 7.05 Å². The number of hydrogen-bond donors (Lipinski definition) is 2. The number of aliphatic imine (C=N–C) groups is 1. The van der Waals surface area contributed by atoms with Crippen LogP contribution in [0.5, 0.6) is 0 Å². The van der Waals surface area contributed by atoms with Gasteiger partial charge in [0.1, 0.15) is 0 Å². The molecule has 122 valence electrons. The average molecular weight is 479 g/mol. The van der Waals surface area contributed by atoms with Gasteiger partial charge in [-0.2, -0.15) is 0 Å². The van der Waals surface area contributed by atoms with E-state index in [0.717, 1.165) is 37.9 Å². The molecule has 3 rings (SSSR count). The molecule has 1 aliphatic carbocycles. The van der Waals surface area contributed by atoms with Gasteiger partial charge in [0, 0.05) is 37.2 Å². The molecule has 1 aliphatic heterocycles. The maximum absolute atomic E-state index is 4.33. The van der Waals surface area contributed by atoms with E-state index in [-0.39, 0.29) is 24.0 Å². The molecule has 22 heavy (non-hydrogen) atoms. The lowest BCUT2D eigenvalue weighted by Crippen LogP contribution is -2.45. The number of nitrogens with one attached hydrogen (secondary N) is 2. The van der Waals surface area contributed by atoms with Crippen LogP contribution in [0.1, 0.15) is 19.3 Å². The number of nitrogens with zero attached hydrogens (tertiary/aromatic N) is 2. The Balaban J connectivity index is 0.00000176. The van der Waals surface area contributed by atoms with Gasteiger partial charge in [-0.3, -0.25) is 4.99 Å². The molecular formula is C16H24BrIN4. The average Bonchev–Trinajstić information content (AvgIpc) is 3.22. The summed E-state index contributed by atoms with van der Waals surface area (Å²) in [4.78, 5) is 6.76. The van der Waals surface area contributed by atoms with Gasteiger partial charge in [-0.1, -0.05) is 12.1 Å². The van der Waals surface area contributed by atoms with Crippen LogP contribution in [0.2, 0.25) is 0 Å². The van der Waals surface area contributed by atoms with Crippen molar-refractivity contribution in [2.75, 3.05) is 31.6 Å². The quantitative estimate of drug-likeness (QED) is 0.396. The summed E-state index contributed by atoms with van der Waals surface area (Å²) in [5, 5.41) is 6.99. The summed E-state index contributed by atoms with van der Waals surface area (Å²) in [7, 11) is 1.85. The second kappa shape index (κ2) is 8.38. The molecule has 1 aromatic rings. The van der Waals surface area contributed by atoms with Gasteiger partial charge in [0.25, 0.3) is 0 Å². The van der Waals surface area contributed by atoms with E-state index in [2.05, 4.69) is 60.7 Å². The lowest BCUT2D eigenvalue weighted by molar-refractivity contribution is 0.640. The summed E-state index contributed by atoms with van der Waals surface area (Å²) < 4.78 is 1.17. The molecule has 6 heteroatoms. The highest BCUT2D eigenvalue weighted by atomic mass is 127. The van der Waals surface area contributed by atoms with Gasteiger partial charge < -0.3 is 15.5 Å². The van der Waals surface area contributed by atoms with Crippen molar-refractivity contribution >= 4 is 51.6 Å². The zero-order chi connectivity index (χ0) is 14.7. The van der Waals surface area contributed by atoms with Crippen molar-refractivity contribution in [3.8, 4) is 0 Å². The van der Waals surface area contributed by atoms with E-state index in [4.69, 9.17) is 0 Å². The normalized spacial score (nSPS) is 21.5. The molecule has 1 aromatic carbocycles. The SMILES string of the molecule is CN=C(NCC1CC1)NC1CCN(c2ccccc2Br)C1.I. The van der Waals surface area contributed by atoms with Crippen LogP contribution >= 0.6 is 39.9 Å². The number of guanidine groups is 1. The van der Waals surface area contributed by atoms with Crippen LogP contribution in [0.4, 0.5) is 5.69 Å². The predicted molar refractivity (Wildman–Crippen MR) is 107 cm³/mol. The Bertz CT molecular complexity index is 519. The van der Waals surface area contributed by atoms with Gasteiger partial charge in [-0.15, -0.1) is 24.0 Å². The Kier molecular flexibility index (Phi) is 6.80. The van der Waals surface area contributed by atoms with E-state index in [1.54, 1.807) is 0 Å². The molecular weight excluding hydrogens is 455 g/mol. The van der Waals surface area contributed by atoms with Crippen LogP contribution < -0.4 is 15.5 Å². The number of hydrogen-bond acceptors (Lipinski definition) is 2. The second-order valence-corrected chi connectivity index (χ2v) is 6.78. The summed E-state index contributed by atoms with van der Waals surface area (Å²) in [6.45, 7) is 3.16. The molecule has 1 heterocycles. The highest BCUT2D eigenvalue weighted by molar-refractivity contribution is 14.0. The van der Waals surface area contributed by atoms with Crippen molar-refractivity contribution in [1.29, 1.82) is 0 Å². The zero-order valence-corrected chi connectivity index (χ0v) is 16.8. The van der Waals surface area contributed by atoms with E-state index >= 15 is 0 Å². The van der Waals surface area contributed by atoms with E-state index in [1.165, 1.54) is 23.0 Å². The fourth-order valence-corrected chi connectivity index (χ4v) is 3.29. The summed E-state index contributed by atoms with van der Waals surface area (Å²) in [5.41, 5.74) is 1.28. The van der Waals surface area contributed by atoms with Crippen LogP contribution in [-0.2, 0) is 0 Å². The molecule has 1 unspecified atom stereocenters. The third-order valence-corrected chi connectivity index (χ3v) is 4.87. The molecule has 0 aromatic heterocycles. The Hall–Kier alpha value is -0.500. The minimum atomic E-state index is 0. The van der Waals surface area contributed by atoms with Crippen molar-refractivity contribution in [2.45, 2.75) is 25.3 Å². The van der Waals surface area contributed by atoms with Crippen LogP contribution in [0, 0.1) is 5.92 Å². The lowest BCUT2D eigenvalue weighted by Gasteiger charge is -2.21. The maximum Gasteiger partial charge on any atom is 0.191 e. The Morgan fingerprint density at radius 2 is 2.09 bits per heavy atom. The van der Waals surface area contributed by atoms with Crippen LogP contribution in [0.15, 0.2) is 33.7 Å². The first kappa shape index (κ1) is 17.8. The molecule has 4 nitrogen and oxygen atoms in total. The molecule has 1 atom stereocenters. The molecule has 1 saturated carbocycles. The summed E-state index contributed by atoms with van der Waals surface area (Å²) in [5.74, 6) is 1.81. The first-order valence-electron chi connectivity index (χ1n) is 7.73. The van der Waals surface area contributed by atoms with Crippen molar-refractivity contribution in [2.24, 2.45) is 10.9 Å². The third-order valence-electron chi connectivity index (χ3n) is 4.20. The molecule has 2 N–H and O–H groups in total. The Morgan fingerprint density at radius 3 is 2.77 bits per heavy atom. The van der Waals surface area contributed by atoms with Gasteiger partial charge in [0.2, 0.25) is 0 Å². The molecule has 1 saturated heterocycles. The van der Waals surface area contributed by atoms with E-state index in [9.17, 15) is 0 Å². The molecule has 0 radical (unpaired) electrons. The lowest BCUT2D eigenvalue weighted by atomic mass is 10.2. The zero-order valence-electron chi connectivity index (χ0n) is 12.9. The summed E-state index contributed by atoms with van der Waals surface area (Å²) >= 11 is 3.64. The van der Waals surface area contributed by atoms with Crippen molar-refractivity contribution < 1.29 is 0 Å². The van der Waals surface area contributed by atoms with Crippen molar-refractivity contribution in [3.05, 3.63) is 28.7 Å². The van der Waals surface area contributed by atoms with Crippen LogP contribution in [-0.4, -0.2) is 38.7 Å². The highest BCUT2D eigenvalue weighted by Gasteiger charge is 2.25.